The molecule has 28 heavy (non-hydrogen) atoms. The Morgan fingerprint density at radius 2 is 1.93 bits per heavy atom. The Hall–Kier alpha value is -3.10. The van der Waals surface area contributed by atoms with Crippen molar-refractivity contribution in [3.8, 4) is 11.6 Å². The van der Waals surface area contributed by atoms with Crippen LogP contribution >= 0.6 is 11.6 Å². The monoisotopic (exact) mass is 415 g/mol. The molecule has 0 saturated heterocycles. The second-order valence-corrected chi connectivity index (χ2v) is 7.95. The minimum Gasteiger partial charge on any atom is -0.443 e. The van der Waals surface area contributed by atoms with Crippen LogP contribution in [-0.2, 0) is 10.0 Å². The van der Waals surface area contributed by atoms with Gasteiger partial charge in [0.1, 0.15) is 11.3 Å². The molecule has 1 aromatic carbocycles. The van der Waals surface area contributed by atoms with Gasteiger partial charge in [-0.05, 0) is 31.2 Å². The molecule has 0 aliphatic heterocycles. The molecule has 0 amide bonds. The maximum absolute atomic E-state index is 12.8. The van der Waals surface area contributed by atoms with Gasteiger partial charge >= 0.3 is 0 Å². The minimum atomic E-state index is -4.03. The van der Waals surface area contributed by atoms with E-state index in [1.165, 1.54) is 18.3 Å². The van der Waals surface area contributed by atoms with Crippen molar-refractivity contribution in [2.75, 3.05) is 4.72 Å². The molecule has 0 spiro atoms. The predicted octanol–water partition coefficient (Wildman–Crippen LogP) is 4.78. The molecule has 142 valence electrons. The van der Waals surface area contributed by atoms with Crippen LogP contribution in [0.25, 0.3) is 11.0 Å². The van der Waals surface area contributed by atoms with E-state index in [4.69, 9.17) is 20.8 Å². The molecule has 4 rings (SSSR count). The number of hydrogen-bond donors (Lipinski definition) is 1. The largest absolute Gasteiger partial charge is 0.443 e. The van der Waals surface area contributed by atoms with Crippen LogP contribution in [0.2, 0.25) is 5.02 Å². The van der Waals surface area contributed by atoms with Crippen molar-refractivity contribution < 1.29 is 17.6 Å². The zero-order chi connectivity index (χ0) is 19.7. The number of aromatic nitrogens is 2. The molecular weight excluding hydrogens is 402 g/mol. The molecule has 0 saturated carbocycles. The van der Waals surface area contributed by atoms with Crippen LogP contribution in [0.1, 0.15) is 5.69 Å². The van der Waals surface area contributed by atoms with Gasteiger partial charge in [-0.25, -0.2) is 4.98 Å². The number of halogens is 1. The third-order valence-electron chi connectivity index (χ3n) is 3.89. The summed E-state index contributed by atoms with van der Waals surface area (Å²) in [7, 11) is -4.03. The molecule has 3 heterocycles. The standard InChI is InChI=1S/C19H14ClN3O4S/c1-12-16(7-4-8-21-12)27-19-15(10-14(20)11-22-19)23-28(24,25)18-9-13-5-2-3-6-17(13)26-18/h2-11,23H,1H3. The van der Waals surface area contributed by atoms with Crippen LogP contribution < -0.4 is 9.46 Å². The Labute approximate surface area is 166 Å². The molecule has 3 aromatic heterocycles. The number of fused-ring (bicyclic) bond motifs is 1. The van der Waals surface area contributed by atoms with Crippen molar-refractivity contribution in [3.05, 3.63) is 71.6 Å². The first-order chi connectivity index (χ1) is 13.4. The summed E-state index contributed by atoms with van der Waals surface area (Å²) in [4.78, 5) is 8.23. The topological polar surface area (TPSA) is 94.3 Å². The van der Waals surface area contributed by atoms with Gasteiger partial charge in [0.05, 0.1) is 10.7 Å². The molecular formula is C19H14ClN3O4S. The van der Waals surface area contributed by atoms with E-state index in [-0.39, 0.29) is 21.7 Å². The van der Waals surface area contributed by atoms with Gasteiger partial charge in [-0.3, -0.25) is 9.71 Å². The lowest BCUT2D eigenvalue weighted by molar-refractivity contribution is 0.458. The third kappa shape index (κ3) is 3.64. The van der Waals surface area contributed by atoms with Gasteiger partial charge in [0, 0.05) is 23.8 Å². The summed E-state index contributed by atoms with van der Waals surface area (Å²) in [6.45, 7) is 1.77. The number of anilines is 1. The first kappa shape index (κ1) is 18.3. The van der Waals surface area contributed by atoms with Crippen molar-refractivity contribution >= 4 is 38.3 Å². The van der Waals surface area contributed by atoms with Crippen LogP contribution in [0.4, 0.5) is 5.69 Å². The molecule has 0 unspecified atom stereocenters. The highest BCUT2D eigenvalue weighted by Crippen LogP contribution is 2.33. The molecule has 0 radical (unpaired) electrons. The van der Waals surface area contributed by atoms with E-state index < -0.39 is 10.0 Å². The summed E-state index contributed by atoms with van der Waals surface area (Å²) >= 11 is 6.00. The van der Waals surface area contributed by atoms with E-state index in [0.29, 0.717) is 22.4 Å². The van der Waals surface area contributed by atoms with Crippen molar-refractivity contribution in [1.29, 1.82) is 0 Å². The van der Waals surface area contributed by atoms with E-state index in [1.807, 2.05) is 0 Å². The molecule has 0 atom stereocenters. The zero-order valence-electron chi connectivity index (χ0n) is 14.6. The molecule has 0 aliphatic rings. The number of sulfonamides is 1. The summed E-state index contributed by atoms with van der Waals surface area (Å²) in [5.41, 5.74) is 1.18. The predicted molar refractivity (Wildman–Crippen MR) is 105 cm³/mol. The van der Waals surface area contributed by atoms with Gasteiger partial charge in [0.15, 0.2) is 5.75 Å². The maximum atomic E-state index is 12.8. The van der Waals surface area contributed by atoms with Gasteiger partial charge in [0.25, 0.3) is 10.0 Å². The summed E-state index contributed by atoms with van der Waals surface area (Å²) in [6.07, 6.45) is 2.99. The van der Waals surface area contributed by atoms with Crippen LogP contribution in [-0.4, -0.2) is 18.4 Å². The normalized spacial score (nSPS) is 11.5. The van der Waals surface area contributed by atoms with Gasteiger partial charge in [-0.2, -0.15) is 8.42 Å². The quantitative estimate of drug-likeness (QED) is 0.504. The number of hydrogen-bond acceptors (Lipinski definition) is 6. The highest BCUT2D eigenvalue weighted by molar-refractivity contribution is 7.92. The second kappa shape index (κ2) is 7.14. The lowest BCUT2D eigenvalue weighted by Gasteiger charge is -2.12. The average molecular weight is 416 g/mol. The average Bonchev–Trinajstić information content (AvgIpc) is 3.11. The lowest BCUT2D eigenvalue weighted by atomic mass is 10.3. The van der Waals surface area contributed by atoms with Crippen molar-refractivity contribution in [1.82, 2.24) is 9.97 Å². The molecule has 0 aliphatic carbocycles. The molecule has 0 bridgehead atoms. The van der Waals surface area contributed by atoms with Crippen LogP contribution in [0, 0.1) is 6.92 Å². The van der Waals surface area contributed by atoms with E-state index in [1.54, 1.807) is 49.5 Å². The van der Waals surface area contributed by atoms with Gasteiger partial charge in [0.2, 0.25) is 11.0 Å². The fraction of sp³-hybridized carbons (Fsp3) is 0.0526. The number of para-hydroxylation sites is 1. The van der Waals surface area contributed by atoms with Gasteiger partial charge < -0.3 is 9.15 Å². The molecule has 0 fully saturated rings. The summed E-state index contributed by atoms with van der Waals surface area (Å²) in [6, 6.07) is 13.3. The second-order valence-electron chi connectivity index (χ2n) is 5.90. The number of pyridine rings is 2. The van der Waals surface area contributed by atoms with Crippen molar-refractivity contribution in [2.45, 2.75) is 12.0 Å². The summed E-state index contributed by atoms with van der Waals surface area (Å²) < 4.78 is 39.3. The molecule has 7 nitrogen and oxygen atoms in total. The fourth-order valence-corrected chi connectivity index (χ4v) is 3.72. The Balaban J connectivity index is 1.70. The van der Waals surface area contributed by atoms with E-state index in [9.17, 15) is 8.42 Å². The van der Waals surface area contributed by atoms with Gasteiger partial charge in [-0.15, -0.1) is 0 Å². The zero-order valence-corrected chi connectivity index (χ0v) is 16.2. The van der Waals surface area contributed by atoms with Crippen LogP contribution in [0.5, 0.6) is 11.6 Å². The Bertz CT molecular complexity index is 1240. The Morgan fingerprint density at radius 1 is 1.11 bits per heavy atom. The highest BCUT2D eigenvalue weighted by atomic mass is 35.5. The molecule has 4 aromatic rings. The number of rotatable bonds is 5. The minimum absolute atomic E-state index is 0.0418. The first-order valence-electron chi connectivity index (χ1n) is 8.19. The number of aryl methyl sites for hydroxylation is 1. The van der Waals surface area contributed by atoms with E-state index in [0.717, 1.165) is 0 Å². The highest BCUT2D eigenvalue weighted by Gasteiger charge is 2.22. The number of benzene rings is 1. The third-order valence-corrected chi connectivity index (χ3v) is 5.32. The first-order valence-corrected chi connectivity index (χ1v) is 10.0. The Kier molecular flexibility index (Phi) is 4.66. The van der Waals surface area contributed by atoms with E-state index >= 15 is 0 Å². The number of furan rings is 1. The Morgan fingerprint density at radius 3 is 2.71 bits per heavy atom. The SMILES string of the molecule is Cc1ncccc1Oc1ncc(Cl)cc1NS(=O)(=O)c1cc2ccccc2o1. The molecule has 1 N–H and O–H groups in total. The molecule has 9 heteroatoms. The number of nitrogens with one attached hydrogen (secondary N) is 1. The summed E-state index contributed by atoms with van der Waals surface area (Å²) in [5.74, 6) is 0.488. The number of ether oxygens (including phenoxy) is 1. The van der Waals surface area contributed by atoms with Crippen molar-refractivity contribution in [3.63, 3.8) is 0 Å². The van der Waals surface area contributed by atoms with Crippen molar-refractivity contribution in [2.24, 2.45) is 0 Å². The number of nitrogens with zero attached hydrogens (tertiary/aromatic N) is 2. The fourth-order valence-electron chi connectivity index (χ4n) is 2.55. The lowest BCUT2D eigenvalue weighted by Crippen LogP contribution is -2.13. The van der Waals surface area contributed by atoms with E-state index in [2.05, 4.69) is 14.7 Å². The van der Waals surface area contributed by atoms with Gasteiger partial charge in [-0.1, -0.05) is 29.8 Å². The maximum Gasteiger partial charge on any atom is 0.295 e. The smallest absolute Gasteiger partial charge is 0.295 e. The summed E-state index contributed by atoms with van der Waals surface area (Å²) in [5, 5.41) is 0.698. The van der Waals surface area contributed by atoms with Crippen LogP contribution in [0.15, 0.2) is 70.4 Å². The van der Waals surface area contributed by atoms with Crippen LogP contribution in [0.3, 0.4) is 0 Å².